The number of benzene rings is 1. The summed E-state index contributed by atoms with van der Waals surface area (Å²) in [7, 11) is 0. The molecule has 1 saturated heterocycles. The largest absolute Gasteiger partial charge is 0.444 e. The van der Waals surface area contributed by atoms with Crippen molar-refractivity contribution in [2.45, 2.75) is 26.4 Å². The molecule has 1 aromatic carbocycles. The van der Waals surface area contributed by atoms with Crippen LogP contribution in [0.4, 0.5) is 18.0 Å². The maximum Gasteiger partial charge on any atom is 0.410 e. The molecule has 0 atom stereocenters. The molecular formula is C18H24F3N3O3. The van der Waals surface area contributed by atoms with Crippen LogP contribution in [0.15, 0.2) is 12.1 Å². The van der Waals surface area contributed by atoms with Gasteiger partial charge < -0.3 is 15.0 Å². The molecule has 0 aliphatic carbocycles. The van der Waals surface area contributed by atoms with E-state index in [9.17, 15) is 22.8 Å². The lowest BCUT2D eigenvalue weighted by molar-refractivity contribution is 0.0147. The molecule has 0 spiro atoms. The van der Waals surface area contributed by atoms with Crippen LogP contribution in [0.5, 0.6) is 0 Å². The van der Waals surface area contributed by atoms with Gasteiger partial charge in [-0.2, -0.15) is 0 Å². The zero-order chi connectivity index (χ0) is 20.2. The average molecular weight is 387 g/mol. The molecule has 1 aromatic rings. The number of ether oxygens (including phenoxy) is 1. The minimum atomic E-state index is -1.67. The standard InChI is InChI=1S/C18H24F3N3O3/c1-18(2,3)27-17(26)24-10-8-23(9-11-24)7-6-22-16(25)12-4-5-13(19)15(21)14(12)20/h4-5H,6-11H2,1-3H3,(H,22,25). The molecule has 2 amide bonds. The SMILES string of the molecule is CC(C)(C)OC(=O)N1CCN(CCNC(=O)c2ccc(F)c(F)c2F)CC1. The third kappa shape index (κ3) is 5.85. The molecule has 0 saturated carbocycles. The van der Waals surface area contributed by atoms with Crippen molar-refractivity contribution in [3.05, 3.63) is 35.1 Å². The molecule has 2 rings (SSSR count). The summed E-state index contributed by atoms with van der Waals surface area (Å²) in [5, 5.41) is 2.48. The molecule has 1 aliphatic rings. The second-order valence-electron chi connectivity index (χ2n) is 7.29. The maximum absolute atomic E-state index is 13.6. The molecule has 1 fully saturated rings. The Morgan fingerprint density at radius 3 is 2.30 bits per heavy atom. The highest BCUT2D eigenvalue weighted by Crippen LogP contribution is 2.15. The molecule has 0 aromatic heterocycles. The van der Waals surface area contributed by atoms with E-state index in [1.165, 1.54) is 0 Å². The Labute approximate surface area is 156 Å². The van der Waals surface area contributed by atoms with Gasteiger partial charge in [-0.3, -0.25) is 9.69 Å². The number of hydrogen-bond acceptors (Lipinski definition) is 4. The number of rotatable bonds is 4. The van der Waals surface area contributed by atoms with Gasteiger partial charge in [0.25, 0.3) is 5.91 Å². The first-order valence-electron chi connectivity index (χ1n) is 8.70. The quantitative estimate of drug-likeness (QED) is 0.806. The van der Waals surface area contributed by atoms with Crippen molar-refractivity contribution in [2.75, 3.05) is 39.3 Å². The number of carbonyl (C=O) groups excluding carboxylic acids is 2. The van der Waals surface area contributed by atoms with Gasteiger partial charge in [0.1, 0.15) is 5.60 Å². The zero-order valence-corrected chi connectivity index (χ0v) is 15.7. The third-order valence-electron chi connectivity index (χ3n) is 4.02. The number of nitrogens with one attached hydrogen (secondary N) is 1. The predicted molar refractivity (Wildman–Crippen MR) is 92.9 cm³/mol. The van der Waals surface area contributed by atoms with Crippen molar-refractivity contribution >= 4 is 12.0 Å². The summed E-state index contributed by atoms with van der Waals surface area (Å²) in [6.45, 7) is 8.33. The number of piperazine rings is 1. The van der Waals surface area contributed by atoms with Gasteiger partial charge in [-0.25, -0.2) is 18.0 Å². The Balaban J connectivity index is 1.75. The highest BCUT2D eigenvalue weighted by Gasteiger charge is 2.26. The van der Waals surface area contributed by atoms with Crippen molar-refractivity contribution in [3.8, 4) is 0 Å². The summed E-state index contributed by atoms with van der Waals surface area (Å²) < 4.78 is 45.0. The minimum Gasteiger partial charge on any atom is -0.444 e. The lowest BCUT2D eigenvalue weighted by Gasteiger charge is -2.35. The minimum absolute atomic E-state index is 0.212. The van der Waals surface area contributed by atoms with Crippen molar-refractivity contribution in [3.63, 3.8) is 0 Å². The predicted octanol–water partition coefficient (Wildman–Crippen LogP) is 2.39. The Kier molecular flexibility index (Phi) is 6.69. The van der Waals surface area contributed by atoms with Crippen LogP contribution in [0.25, 0.3) is 0 Å². The summed E-state index contributed by atoms with van der Waals surface area (Å²) in [6, 6.07) is 1.62. The number of hydrogen-bond donors (Lipinski definition) is 1. The van der Waals surface area contributed by atoms with Crippen molar-refractivity contribution in [1.29, 1.82) is 0 Å². The van der Waals surface area contributed by atoms with Crippen LogP contribution >= 0.6 is 0 Å². The molecule has 6 nitrogen and oxygen atoms in total. The summed E-state index contributed by atoms with van der Waals surface area (Å²) >= 11 is 0. The van der Waals surface area contributed by atoms with Gasteiger partial charge in [-0.05, 0) is 32.9 Å². The molecule has 0 bridgehead atoms. The third-order valence-corrected chi connectivity index (χ3v) is 4.02. The molecule has 1 heterocycles. The van der Waals surface area contributed by atoms with E-state index >= 15 is 0 Å². The van der Waals surface area contributed by atoms with Gasteiger partial charge in [0, 0.05) is 39.3 Å². The molecule has 9 heteroatoms. The fraction of sp³-hybridized carbons (Fsp3) is 0.556. The van der Waals surface area contributed by atoms with E-state index in [4.69, 9.17) is 4.74 Å². The summed E-state index contributed by atoms with van der Waals surface area (Å²) in [5.41, 5.74) is -1.09. The van der Waals surface area contributed by atoms with E-state index in [0.717, 1.165) is 6.07 Å². The number of carbonyl (C=O) groups is 2. The van der Waals surface area contributed by atoms with E-state index in [2.05, 4.69) is 5.32 Å². The molecule has 1 N–H and O–H groups in total. The van der Waals surface area contributed by atoms with Crippen molar-refractivity contribution in [1.82, 2.24) is 15.1 Å². The van der Waals surface area contributed by atoms with Gasteiger partial charge in [-0.15, -0.1) is 0 Å². The normalized spacial score (nSPS) is 15.6. The molecule has 0 radical (unpaired) electrons. The molecule has 150 valence electrons. The second kappa shape index (κ2) is 8.60. The molecule has 27 heavy (non-hydrogen) atoms. The average Bonchev–Trinajstić information content (AvgIpc) is 2.58. The van der Waals surface area contributed by atoms with E-state index in [1.54, 1.807) is 25.7 Å². The van der Waals surface area contributed by atoms with Gasteiger partial charge in [0.05, 0.1) is 5.56 Å². The number of halogens is 3. The Morgan fingerprint density at radius 1 is 1.07 bits per heavy atom. The number of nitrogens with zero attached hydrogens (tertiary/aromatic N) is 2. The van der Waals surface area contributed by atoms with Crippen LogP contribution in [-0.2, 0) is 4.74 Å². The van der Waals surface area contributed by atoms with Crippen LogP contribution in [-0.4, -0.2) is 66.7 Å². The van der Waals surface area contributed by atoms with Crippen LogP contribution in [0.2, 0.25) is 0 Å². The Morgan fingerprint density at radius 2 is 1.70 bits per heavy atom. The Hall–Kier alpha value is -2.29. The second-order valence-corrected chi connectivity index (χ2v) is 7.29. The summed E-state index contributed by atoms with van der Waals surface area (Å²) in [4.78, 5) is 27.6. The zero-order valence-electron chi connectivity index (χ0n) is 15.7. The van der Waals surface area contributed by atoms with E-state index in [0.29, 0.717) is 38.8 Å². The lowest BCUT2D eigenvalue weighted by atomic mass is 10.2. The fourth-order valence-electron chi connectivity index (χ4n) is 2.60. The van der Waals surface area contributed by atoms with Gasteiger partial charge >= 0.3 is 6.09 Å². The lowest BCUT2D eigenvalue weighted by Crippen LogP contribution is -2.51. The van der Waals surface area contributed by atoms with Crippen LogP contribution in [0, 0.1) is 17.5 Å². The van der Waals surface area contributed by atoms with Gasteiger partial charge in [0.2, 0.25) is 0 Å². The smallest absolute Gasteiger partial charge is 0.410 e. The van der Waals surface area contributed by atoms with Crippen LogP contribution in [0.1, 0.15) is 31.1 Å². The highest BCUT2D eigenvalue weighted by atomic mass is 19.2. The van der Waals surface area contributed by atoms with Crippen molar-refractivity contribution in [2.24, 2.45) is 0 Å². The topological polar surface area (TPSA) is 61.9 Å². The van der Waals surface area contributed by atoms with E-state index in [1.807, 2.05) is 4.90 Å². The van der Waals surface area contributed by atoms with Gasteiger partial charge in [0.15, 0.2) is 17.5 Å². The monoisotopic (exact) mass is 387 g/mol. The first-order chi connectivity index (χ1) is 12.6. The van der Waals surface area contributed by atoms with Crippen LogP contribution < -0.4 is 5.32 Å². The van der Waals surface area contributed by atoms with E-state index < -0.39 is 34.5 Å². The number of amides is 2. The van der Waals surface area contributed by atoms with E-state index in [-0.39, 0.29) is 12.6 Å². The molecular weight excluding hydrogens is 363 g/mol. The highest BCUT2D eigenvalue weighted by molar-refractivity contribution is 5.94. The van der Waals surface area contributed by atoms with Gasteiger partial charge in [-0.1, -0.05) is 0 Å². The molecule has 0 unspecified atom stereocenters. The first kappa shape index (κ1) is 21.0. The summed E-state index contributed by atoms with van der Waals surface area (Å²) in [6.07, 6.45) is -0.357. The maximum atomic E-state index is 13.6. The Bertz CT molecular complexity index is 699. The molecule has 1 aliphatic heterocycles. The van der Waals surface area contributed by atoms with Crippen LogP contribution in [0.3, 0.4) is 0 Å². The summed E-state index contributed by atoms with van der Waals surface area (Å²) in [5.74, 6) is -5.31. The van der Waals surface area contributed by atoms with Crippen molar-refractivity contribution < 1.29 is 27.5 Å². The fourth-order valence-corrected chi connectivity index (χ4v) is 2.60. The first-order valence-corrected chi connectivity index (χ1v) is 8.70.